The summed E-state index contributed by atoms with van der Waals surface area (Å²) in [7, 11) is 0. The molecule has 0 aromatic heterocycles. The molecule has 0 saturated heterocycles. The first-order valence-electron chi connectivity index (χ1n) is 7.01. The van der Waals surface area contributed by atoms with Crippen molar-refractivity contribution in [2.24, 2.45) is 5.92 Å². The van der Waals surface area contributed by atoms with Gasteiger partial charge in [0.05, 0.1) is 0 Å². The number of aliphatic carboxylic acids is 1. The van der Waals surface area contributed by atoms with Crippen molar-refractivity contribution < 1.29 is 9.90 Å². The Bertz CT molecular complexity index is 231. The SMILES string of the molecule is CCCCCCCC(CC)CC=C(C)C(=O)O. The van der Waals surface area contributed by atoms with Gasteiger partial charge in [0, 0.05) is 5.57 Å². The van der Waals surface area contributed by atoms with Gasteiger partial charge in [0.2, 0.25) is 0 Å². The van der Waals surface area contributed by atoms with Crippen LogP contribution in [0.2, 0.25) is 0 Å². The van der Waals surface area contributed by atoms with E-state index < -0.39 is 5.97 Å². The summed E-state index contributed by atoms with van der Waals surface area (Å²) < 4.78 is 0. The lowest BCUT2D eigenvalue weighted by Crippen LogP contribution is -2.01. The molecule has 1 unspecified atom stereocenters. The average molecular weight is 240 g/mol. The Morgan fingerprint density at radius 3 is 2.35 bits per heavy atom. The zero-order valence-corrected chi connectivity index (χ0v) is 11.7. The van der Waals surface area contributed by atoms with E-state index in [1.54, 1.807) is 6.92 Å². The molecule has 17 heavy (non-hydrogen) atoms. The van der Waals surface area contributed by atoms with E-state index in [-0.39, 0.29) is 0 Å². The van der Waals surface area contributed by atoms with Gasteiger partial charge in [-0.3, -0.25) is 0 Å². The summed E-state index contributed by atoms with van der Waals surface area (Å²) in [5, 5.41) is 8.77. The van der Waals surface area contributed by atoms with E-state index in [1.807, 2.05) is 6.08 Å². The summed E-state index contributed by atoms with van der Waals surface area (Å²) in [6.45, 7) is 6.10. The van der Waals surface area contributed by atoms with Crippen LogP contribution in [0.4, 0.5) is 0 Å². The van der Waals surface area contributed by atoms with Gasteiger partial charge in [-0.15, -0.1) is 0 Å². The molecule has 1 N–H and O–H groups in total. The Balaban J connectivity index is 3.77. The summed E-state index contributed by atoms with van der Waals surface area (Å²) in [6.07, 6.45) is 11.8. The first kappa shape index (κ1) is 16.2. The normalized spacial score (nSPS) is 13.7. The molecule has 0 aliphatic heterocycles. The molecule has 100 valence electrons. The largest absolute Gasteiger partial charge is 0.478 e. The van der Waals surface area contributed by atoms with Crippen molar-refractivity contribution in [1.82, 2.24) is 0 Å². The highest BCUT2D eigenvalue weighted by Gasteiger charge is 2.06. The Kier molecular flexibility index (Phi) is 9.89. The zero-order valence-electron chi connectivity index (χ0n) is 11.7. The van der Waals surface area contributed by atoms with Gasteiger partial charge in [-0.1, -0.05) is 64.9 Å². The molecule has 2 heteroatoms. The second-order valence-electron chi connectivity index (χ2n) is 4.91. The van der Waals surface area contributed by atoms with Gasteiger partial charge in [-0.25, -0.2) is 4.79 Å². The first-order chi connectivity index (χ1) is 8.11. The fourth-order valence-corrected chi connectivity index (χ4v) is 1.96. The molecule has 0 saturated carbocycles. The van der Waals surface area contributed by atoms with Crippen LogP contribution in [0.1, 0.15) is 72.1 Å². The van der Waals surface area contributed by atoms with Crippen molar-refractivity contribution in [2.75, 3.05) is 0 Å². The van der Waals surface area contributed by atoms with Crippen LogP contribution in [0, 0.1) is 5.92 Å². The van der Waals surface area contributed by atoms with Crippen molar-refractivity contribution >= 4 is 5.97 Å². The summed E-state index contributed by atoms with van der Waals surface area (Å²) >= 11 is 0. The predicted octanol–water partition coefficient (Wildman–Crippen LogP) is 4.79. The maximum Gasteiger partial charge on any atom is 0.330 e. The zero-order chi connectivity index (χ0) is 13.1. The fraction of sp³-hybridized carbons (Fsp3) is 0.800. The van der Waals surface area contributed by atoms with Crippen LogP contribution in [-0.4, -0.2) is 11.1 Å². The third-order valence-corrected chi connectivity index (χ3v) is 3.39. The van der Waals surface area contributed by atoms with Gasteiger partial charge in [0.15, 0.2) is 0 Å². The van der Waals surface area contributed by atoms with Crippen LogP contribution in [-0.2, 0) is 4.79 Å². The van der Waals surface area contributed by atoms with Crippen LogP contribution >= 0.6 is 0 Å². The van der Waals surface area contributed by atoms with Crippen molar-refractivity contribution in [2.45, 2.75) is 72.1 Å². The first-order valence-corrected chi connectivity index (χ1v) is 7.01. The molecular weight excluding hydrogens is 212 g/mol. The molecule has 0 bridgehead atoms. The highest BCUT2D eigenvalue weighted by Crippen LogP contribution is 2.19. The maximum absolute atomic E-state index is 10.7. The number of unbranched alkanes of at least 4 members (excludes halogenated alkanes) is 4. The topological polar surface area (TPSA) is 37.3 Å². The van der Waals surface area contributed by atoms with Crippen molar-refractivity contribution in [3.63, 3.8) is 0 Å². The molecule has 1 atom stereocenters. The van der Waals surface area contributed by atoms with E-state index in [2.05, 4.69) is 13.8 Å². The molecule has 0 aromatic rings. The molecule has 0 fully saturated rings. The molecule has 0 aliphatic rings. The number of carboxylic acid groups (broad SMARTS) is 1. The molecule has 2 nitrogen and oxygen atoms in total. The Morgan fingerprint density at radius 1 is 1.18 bits per heavy atom. The number of carbonyl (C=O) groups is 1. The summed E-state index contributed by atoms with van der Waals surface area (Å²) in [6, 6.07) is 0. The van der Waals surface area contributed by atoms with E-state index in [4.69, 9.17) is 5.11 Å². The van der Waals surface area contributed by atoms with Gasteiger partial charge in [0.1, 0.15) is 0 Å². The molecule has 0 aliphatic carbocycles. The Labute approximate surface area is 106 Å². The number of rotatable bonds is 10. The molecular formula is C15H28O2. The fourth-order valence-electron chi connectivity index (χ4n) is 1.96. The van der Waals surface area contributed by atoms with Crippen molar-refractivity contribution in [3.8, 4) is 0 Å². The summed E-state index contributed by atoms with van der Waals surface area (Å²) in [5.74, 6) is -0.131. The molecule has 0 amide bonds. The lowest BCUT2D eigenvalue weighted by molar-refractivity contribution is -0.132. The molecule has 0 spiro atoms. The second-order valence-corrected chi connectivity index (χ2v) is 4.91. The average Bonchev–Trinajstić information content (AvgIpc) is 2.32. The third-order valence-electron chi connectivity index (χ3n) is 3.39. The number of hydrogen-bond donors (Lipinski definition) is 1. The molecule has 0 heterocycles. The number of hydrogen-bond acceptors (Lipinski definition) is 1. The smallest absolute Gasteiger partial charge is 0.330 e. The van der Waals surface area contributed by atoms with Crippen LogP contribution in [0.5, 0.6) is 0 Å². The maximum atomic E-state index is 10.7. The van der Waals surface area contributed by atoms with Gasteiger partial charge >= 0.3 is 5.97 Å². The van der Waals surface area contributed by atoms with Crippen LogP contribution in [0.25, 0.3) is 0 Å². The predicted molar refractivity (Wildman–Crippen MR) is 73.2 cm³/mol. The van der Waals surface area contributed by atoms with E-state index in [0.29, 0.717) is 11.5 Å². The van der Waals surface area contributed by atoms with E-state index >= 15 is 0 Å². The van der Waals surface area contributed by atoms with E-state index in [0.717, 1.165) is 12.8 Å². The van der Waals surface area contributed by atoms with Crippen LogP contribution in [0.15, 0.2) is 11.6 Å². The van der Waals surface area contributed by atoms with Crippen LogP contribution < -0.4 is 0 Å². The van der Waals surface area contributed by atoms with Crippen molar-refractivity contribution in [3.05, 3.63) is 11.6 Å². The van der Waals surface area contributed by atoms with Gasteiger partial charge in [-0.05, 0) is 19.3 Å². The highest BCUT2D eigenvalue weighted by atomic mass is 16.4. The van der Waals surface area contributed by atoms with Crippen molar-refractivity contribution in [1.29, 1.82) is 0 Å². The number of carboxylic acids is 1. The van der Waals surface area contributed by atoms with Crippen LogP contribution in [0.3, 0.4) is 0 Å². The van der Waals surface area contributed by atoms with E-state index in [9.17, 15) is 4.79 Å². The minimum absolute atomic E-state index is 0.481. The van der Waals surface area contributed by atoms with E-state index in [1.165, 1.54) is 38.5 Å². The highest BCUT2D eigenvalue weighted by molar-refractivity contribution is 5.85. The van der Waals surface area contributed by atoms with Gasteiger partial charge < -0.3 is 5.11 Å². The van der Waals surface area contributed by atoms with Gasteiger partial charge in [0.25, 0.3) is 0 Å². The standard InChI is InChI=1S/C15H28O2/c1-4-6-7-8-9-10-14(5-2)12-11-13(3)15(16)17/h11,14H,4-10,12H2,1-3H3,(H,16,17). The lowest BCUT2D eigenvalue weighted by Gasteiger charge is -2.12. The summed E-state index contributed by atoms with van der Waals surface area (Å²) in [5.41, 5.74) is 0.481. The lowest BCUT2D eigenvalue weighted by atomic mass is 9.94. The minimum atomic E-state index is -0.789. The number of allylic oxidation sites excluding steroid dienone is 1. The molecule has 0 radical (unpaired) electrons. The molecule has 0 rings (SSSR count). The quantitative estimate of drug-likeness (QED) is 0.440. The Hall–Kier alpha value is -0.790. The summed E-state index contributed by atoms with van der Waals surface area (Å²) in [4.78, 5) is 10.7. The third kappa shape index (κ3) is 8.96. The molecule has 0 aromatic carbocycles. The second kappa shape index (κ2) is 10.4. The minimum Gasteiger partial charge on any atom is -0.478 e. The van der Waals surface area contributed by atoms with Gasteiger partial charge in [-0.2, -0.15) is 0 Å². The monoisotopic (exact) mass is 240 g/mol. The Morgan fingerprint density at radius 2 is 1.82 bits per heavy atom.